The maximum atomic E-state index is 13.2. The molecule has 1 heterocycles. The van der Waals surface area contributed by atoms with Gasteiger partial charge in [-0.25, -0.2) is 0 Å². The Morgan fingerprint density at radius 2 is 2.10 bits per heavy atom. The van der Waals surface area contributed by atoms with Crippen LogP contribution in [-0.4, -0.2) is 48.4 Å². The van der Waals surface area contributed by atoms with Gasteiger partial charge in [0.15, 0.2) is 5.78 Å². The van der Waals surface area contributed by atoms with E-state index in [4.69, 9.17) is 9.47 Å². The van der Waals surface area contributed by atoms with Crippen molar-refractivity contribution in [2.45, 2.75) is 52.1 Å². The molecular formula is C22H28O7. The molecule has 0 unspecified atom stereocenters. The Kier molecular flexibility index (Phi) is 4.53. The molecule has 0 radical (unpaired) electrons. The van der Waals surface area contributed by atoms with E-state index >= 15 is 0 Å². The predicted molar refractivity (Wildman–Crippen MR) is 100 cm³/mol. The van der Waals surface area contributed by atoms with Gasteiger partial charge in [-0.15, -0.1) is 0 Å². The van der Waals surface area contributed by atoms with Crippen LogP contribution < -0.4 is 0 Å². The smallest absolute Gasteiger partial charge is 0.320 e. The Morgan fingerprint density at radius 1 is 1.38 bits per heavy atom. The Balaban J connectivity index is 1.83. The molecule has 1 aliphatic heterocycles. The van der Waals surface area contributed by atoms with Crippen LogP contribution >= 0.6 is 0 Å². The van der Waals surface area contributed by atoms with Crippen LogP contribution in [0.25, 0.3) is 0 Å². The van der Waals surface area contributed by atoms with Crippen LogP contribution in [0, 0.1) is 34.0 Å². The molecule has 2 spiro atoms. The van der Waals surface area contributed by atoms with Gasteiger partial charge in [-0.2, -0.15) is 0 Å². The zero-order valence-electron chi connectivity index (χ0n) is 16.9. The van der Waals surface area contributed by atoms with Crippen LogP contribution in [0.2, 0.25) is 0 Å². The van der Waals surface area contributed by atoms with Crippen LogP contribution in [0.4, 0.5) is 0 Å². The van der Waals surface area contributed by atoms with E-state index in [-0.39, 0.29) is 24.9 Å². The van der Waals surface area contributed by atoms with Crippen molar-refractivity contribution < 1.29 is 33.8 Å². The molecule has 3 saturated carbocycles. The van der Waals surface area contributed by atoms with Gasteiger partial charge in [0.2, 0.25) is 0 Å². The molecule has 0 aromatic rings. The van der Waals surface area contributed by atoms with E-state index in [1.807, 2.05) is 6.92 Å². The first-order valence-electron chi connectivity index (χ1n) is 10.3. The van der Waals surface area contributed by atoms with Gasteiger partial charge in [0, 0.05) is 29.6 Å². The molecule has 4 rings (SSSR count). The molecule has 7 nitrogen and oxygen atoms in total. The molecule has 29 heavy (non-hydrogen) atoms. The van der Waals surface area contributed by atoms with Gasteiger partial charge >= 0.3 is 11.9 Å². The molecule has 0 aromatic heterocycles. The summed E-state index contributed by atoms with van der Waals surface area (Å²) in [6.45, 7) is 7.16. The minimum Gasteiger partial charge on any atom is -0.465 e. The molecule has 158 valence electrons. The van der Waals surface area contributed by atoms with E-state index in [2.05, 4.69) is 6.58 Å². The van der Waals surface area contributed by atoms with Gasteiger partial charge in [-0.3, -0.25) is 14.4 Å². The summed E-state index contributed by atoms with van der Waals surface area (Å²) in [7, 11) is 0. The number of rotatable bonds is 3. The lowest BCUT2D eigenvalue weighted by atomic mass is 9.44. The second-order valence-corrected chi connectivity index (χ2v) is 9.72. The average molecular weight is 404 g/mol. The van der Waals surface area contributed by atoms with E-state index in [0.717, 1.165) is 12.7 Å². The molecule has 4 fully saturated rings. The number of ether oxygens (including phenoxy) is 2. The first-order chi connectivity index (χ1) is 13.6. The summed E-state index contributed by atoms with van der Waals surface area (Å²) in [4.78, 5) is 50.0. The van der Waals surface area contributed by atoms with E-state index < -0.39 is 46.1 Å². The molecule has 2 bridgehead atoms. The number of hydrogen-bond donors (Lipinski definition) is 1. The van der Waals surface area contributed by atoms with Crippen molar-refractivity contribution in [2.24, 2.45) is 34.0 Å². The lowest BCUT2D eigenvalue weighted by Crippen LogP contribution is -2.67. The standard InChI is InChI=1S/C22H28O7/c1-12-14-7-15(25)17-21(11-29-19(27)22(17,8-14)18(12)26)6-4-5-20(3,16(21)9-23)10-28-13(2)24/h9,14-17,25H,1,4-8,10-11H2,2-3H3/t14-,15+,16+,17-,20-,21-,22-/m0/s1. The minimum atomic E-state index is -1.46. The number of esters is 2. The summed E-state index contributed by atoms with van der Waals surface area (Å²) in [6, 6.07) is 0. The fourth-order valence-corrected chi connectivity index (χ4v) is 6.99. The van der Waals surface area contributed by atoms with Gasteiger partial charge in [0.25, 0.3) is 0 Å². The summed E-state index contributed by atoms with van der Waals surface area (Å²) in [5, 5.41) is 11.2. The third-order valence-corrected chi connectivity index (χ3v) is 8.16. The van der Waals surface area contributed by atoms with Crippen LogP contribution in [0.15, 0.2) is 12.2 Å². The Labute approximate surface area is 169 Å². The SMILES string of the molecule is C=C1C(=O)[C@]23C[C@@H]1C[C@@H](O)[C@H]2[C@@]1(CCC[C@@](C)(COC(C)=O)[C@H]1C=O)COC3=O. The zero-order valence-corrected chi connectivity index (χ0v) is 16.9. The normalized spacial score (nSPS) is 46.2. The number of Topliss-reactive ketones (excluding diaryl/α,β-unsaturated/α-hetero) is 1. The first-order valence-corrected chi connectivity index (χ1v) is 10.3. The van der Waals surface area contributed by atoms with E-state index in [1.54, 1.807) is 0 Å². The van der Waals surface area contributed by atoms with Crippen LogP contribution in [0.5, 0.6) is 0 Å². The van der Waals surface area contributed by atoms with Gasteiger partial charge in [0.05, 0.1) is 19.3 Å². The van der Waals surface area contributed by atoms with Crippen molar-refractivity contribution in [1.29, 1.82) is 0 Å². The maximum absolute atomic E-state index is 13.2. The molecule has 1 N–H and O–H groups in total. The topological polar surface area (TPSA) is 107 Å². The Hall–Kier alpha value is -2.02. The number of carbonyl (C=O) groups is 4. The second-order valence-electron chi connectivity index (χ2n) is 9.72. The maximum Gasteiger partial charge on any atom is 0.320 e. The fraction of sp³-hybridized carbons (Fsp3) is 0.727. The number of fused-ring (bicyclic) bond motifs is 2. The molecular weight excluding hydrogens is 376 g/mol. The molecule has 7 atom stereocenters. The average Bonchev–Trinajstić information content (AvgIpc) is 2.86. The third-order valence-electron chi connectivity index (χ3n) is 8.16. The number of carbonyl (C=O) groups excluding carboxylic acids is 4. The minimum absolute atomic E-state index is 0.0151. The lowest BCUT2D eigenvalue weighted by molar-refractivity contribution is -0.229. The van der Waals surface area contributed by atoms with Crippen molar-refractivity contribution in [3.63, 3.8) is 0 Å². The highest BCUT2D eigenvalue weighted by Gasteiger charge is 2.74. The van der Waals surface area contributed by atoms with Crippen molar-refractivity contribution in [3.8, 4) is 0 Å². The monoisotopic (exact) mass is 404 g/mol. The summed E-state index contributed by atoms with van der Waals surface area (Å²) in [5.41, 5.74) is -2.61. The highest BCUT2D eigenvalue weighted by Crippen LogP contribution is 2.67. The van der Waals surface area contributed by atoms with E-state index in [1.165, 1.54) is 6.92 Å². The number of hydrogen-bond acceptors (Lipinski definition) is 7. The molecule has 1 saturated heterocycles. The summed E-state index contributed by atoms with van der Waals surface area (Å²) >= 11 is 0. The fourth-order valence-electron chi connectivity index (χ4n) is 6.99. The van der Waals surface area contributed by atoms with Crippen molar-refractivity contribution in [2.75, 3.05) is 13.2 Å². The molecule has 3 aliphatic carbocycles. The van der Waals surface area contributed by atoms with Gasteiger partial charge in [-0.05, 0) is 37.2 Å². The quantitative estimate of drug-likeness (QED) is 0.330. The number of aliphatic hydroxyl groups excluding tert-OH is 1. The number of cyclic esters (lactones) is 1. The van der Waals surface area contributed by atoms with E-state index in [9.17, 15) is 24.3 Å². The van der Waals surface area contributed by atoms with Gasteiger partial charge in [-0.1, -0.05) is 19.9 Å². The molecule has 4 aliphatic rings. The Morgan fingerprint density at radius 3 is 2.76 bits per heavy atom. The Bertz CT molecular complexity index is 803. The number of aliphatic hydroxyl groups is 1. The molecule has 7 heteroatoms. The predicted octanol–water partition coefficient (Wildman–Crippen LogP) is 1.61. The zero-order chi connectivity index (χ0) is 21.2. The molecule has 0 amide bonds. The number of allylic oxidation sites excluding steroid dienone is 1. The largest absolute Gasteiger partial charge is 0.465 e. The van der Waals surface area contributed by atoms with Crippen LogP contribution in [-0.2, 0) is 28.7 Å². The molecule has 0 aromatic carbocycles. The van der Waals surface area contributed by atoms with Crippen LogP contribution in [0.1, 0.15) is 46.0 Å². The van der Waals surface area contributed by atoms with Crippen molar-refractivity contribution >= 4 is 24.0 Å². The van der Waals surface area contributed by atoms with Crippen molar-refractivity contribution in [1.82, 2.24) is 0 Å². The van der Waals surface area contributed by atoms with Gasteiger partial charge < -0.3 is 19.4 Å². The van der Waals surface area contributed by atoms with E-state index in [0.29, 0.717) is 31.3 Å². The van der Waals surface area contributed by atoms with Gasteiger partial charge in [0.1, 0.15) is 11.7 Å². The second kappa shape index (κ2) is 6.49. The number of ketones is 1. The third kappa shape index (κ3) is 2.52. The van der Waals surface area contributed by atoms with Crippen LogP contribution in [0.3, 0.4) is 0 Å². The summed E-state index contributed by atoms with van der Waals surface area (Å²) in [6.07, 6.45) is 2.55. The summed E-state index contributed by atoms with van der Waals surface area (Å²) in [5.74, 6) is -2.92. The summed E-state index contributed by atoms with van der Waals surface area (Å²) < 4.78 is 10.9. The lowest BCUT2D eigenvalue weighted by Gasteiger charge is -2.61. The van der Waals surface area contributed by atoms with Crippen molar-refractivity contribution in [3.05, 3.63) is 12.2 Å². The first kappa shape index (κ1) is 20.3. The highest BCUT2D eigenvalue weighted by atomic mass is 16.5. The number of aldehydes is 1. The highest BCUT2D eigenvalue weighted by molar-refractivity contribution is 6.15.